The van der Waals surface area contributed by atoms with Gasteiger partial charge in [0.1, 0.15) is 5.82 Å². The first kappa shape index (κ1) is 13.2. The van der Waals surface area contributed by atoms with Gasteiger partial charge in [-0.05, 0) is 26.0 Å². The van der Waals surface area contributed by atoms with Gasteiger partial charge in [0, 0.05) is 13.6 Å². The van der Waals surface area contributed by atoms with E-state index in [9.17, 15) is 4.79 Å². The fourth-order valence-corrected chi connectivity index (χ4v) is 1.57. The lowest BCUT2D eigenvalue weighted by molar-refractivity contribution is 0.0599. The maximum atomic E-state index is 11.4. The lowest BCUT2D eigenvalue weighted by Gasteiger charge is -2.19. The highest BCUT2D eigenvalue weighted by Crippen LogP contribution is 2.15. The predicted octanol–water partition coefficient (Wildman–Crippen LogP) is 2.19. The van der Waals surface area contributed by atoms with Crippen molar-refractivity contribution in [2.24, 2.45) is 0 Å². The number of likely N-dealkylation sites (N-methyl/N-ethyl adjacent to an activating group) is 1. The number of esters is 1. The number of hydrogen-bond acceptors (Lipinski definition) is 4. The fourth-order valence-electron chi connectivity index (χ4n) is 1.57. The molecule has 92 valence electrons. The molecule has 0 aliphatic rings. The number of aromatic nitrogens is 1. The maximum Gasteiger partial charge on any atom is 0.339 e. The van der Waals surface area contributed by atoms with Gasteiger partial charge in [0.15, 0.2) is 0 Å². The van der Waals surface area contributed by atoms with Gasteiger partial charge in [0.05, 0.1) is 18.4 Å². The maximum absolute atomic E-state index is 11.4. The molecule has 0 radical (unpaired) electrons. The molecule has 0 aliphatic heterocycles. The van der Waals surface area contributed by atoms with Crippen LogP contribution in [0.5, 0.6) is 0 Å². The molecule has 1 rings (SSSR count). The molecule has 0 saturated carbocycles. The number of ether oxygens (including phenoxy) is 1. The molecule has 0 atom stereocenters. The van der Waals surface area contributed by atoms with E-state index in [1.54, 1.807) is 13.0 Å². The van der Waals surface area contributed by atoms with Crippen LogP contribution in [-0.4, -0.2) is 31.7 Å². The number of hydrogen-bond donors (Lipinski definition) is 0. The summed E-state index contributed by atoms with van der Waals surface area (Å²) in [5.41, 5.74) is 2.23. The van der Waals surface area contributed by atoms with Gasteiger partial charge in [-0.15, -0.1) is 0 Å². The highest BCUT2D eigenvalue weighted by molar-refractivity contribution is 5.90. The van der Waals surface area contributed by atoms with Crippen LogP contribution in [0.1, 0.15) is 23.0 Å². The topological polar surface area (TPSA) is 42.4 Å². The molecule has 1 aromatic heterocycles. The molecular weight excluding hydrogens is 216 g/mol. The van der Waals surface area contributed by atoms with E-state index in [0.717, 1.165) is 17.9 Å². The van der Waals surface area contributed by atoms with E-state index in [2.05, 4.69) is 16.3 Å². The average molecular weight is 234 g/mol. The molecular formula is C13H18N2O2. The highest BCUT2D eigenvalue weighted by atomic mass is 16.5. The van der Waals surface area contributed by atoms with E-state index < -0.39 is 0 Å². The monoisotopic (exact) mass is 234 g/mol. The van der Waals surface area contributed by atoms with Gasteiger partial charge in [-0.2, -0.15) is 0 Å². The SMILES string of the molecule is C=C(C)CN(C)c1ccc(C(=O)OC)c(C)n1. The van der Waals surface area contributed by atoms with Crippen LogP contribution in [0.4, 0.5) is 5.82 Å². The summed E-state index contributed by atoms with van der Waals surface area (Å²) in [7, 11) is 3.30. The first-order chi connectivity index (χ1) is 7.95. The van der Waals surface area contributed by atoms with E-state index in [1.165, 1.54) is 7.11 Å². The minimum Gasteiger partial charge on any atom is -0.465 e. The molecule has 1 aromatic rings. The number of carbonyl (C=O) groups is 1. The molecule has 17 heavy (non-hydrogen) atoms. The van der Waals surface area contributed by atoms with Crippen molar-refractivity contribution >= 4 is 11.8 Å². The largest absolute Gasteiger partial charge is 0.465 e. The molecule has 4 nitrogen and oxygen atoms in total. The Balaban J connectivity index is 2.96. The first-order valence-corrected chi connectivity index (χ1v) is 5.37. The van der Waals surface area contributed by atoms with Crippen molar-refractivity contribution in [2.45, 2.75) is 13.8 Å². The second kappa shape index (κ2) is 5.48. The first-order valence-electron chi connectivity index (χ1n) is 5.37. The minimum absolute atomic E-state index is 0.357. The third-order valence-electron chi connectivity index (χ3n) is 2.37. The van der Waals surface area contributed by atoms with E-state index in [0.29, 0.717) is 11.3 Å². The van der Waals surface area contributed by atoms with E-state index in [1.807, 2.05) is 24.9 Å². The van der Waals surface area contributed by atoms with Gasteiger partial charge >= 0.3 is 5.97 Å². The third-order valence-corrected chi connectivity index (χ3v) is 2.37. The lowest BCUT2D eigenvalue weighted by atomic mass is 10.2. The Morgan fingerprint density at radius 1 is 1.53 bits per heavy atom. The fraction of sp³-hybridized carbons (Fsp3) is 0.385. The Hall–Kier alpha value is -1.84. The second-order valence-corrected chi connectivity index (χ2v) is 4.11. The van der Waals surface area contributed by atoms with Gasteiger partial charge in [-0.1, -0.05) is 12.2 Å². The van der Waals surface area contributed by atoms with E-state index in [-0.39, 0.29) is 5.97 Å². The van der Waals surface area contributed by atoms with Crippen LogP contribution in [0.15, 0.2) is 24.3 Å². The summed E-state index contributed by atoms with van der Waals surface area (Å²) in [6, 6.07) is 3.54. The highest BCUT2D eigenvalue weighted by Gasteiger charge is 2.12. The lowest BCUT2D eigenvalue weighted by Crippen LogP contribution is -2.21. The van der Waals surface area contributed by atoms with Crippen LogP contribution < -0.4 is 4.90 Å². The molecule has 1 heterocycles. The predicted molar refractivity (Wildman–Crippen MR) is 68.4 cm³/mol. The molecule has 0 saturated heterocycles. The minimum atomic E-state index is -0.357. The number of methoxy groups -OCH3 is 1. The molecule has 0 spiro atoms. The average Bonchev–Trinajstić information content (AvgIpc) is 2.27. The van der Waals surface area contributed by atoms with Crippen LogP contribution in [0.25, 0.3) is 0 Å². The van der Waals surface area contributed by atoms with Crippen LogP contribution in [0, 0.1) is 6.92 Å². The zero-order chi connectivity index (χ0) is 13.0. The second-order valence-electron chi connectivity index (χ2n) is 4.11. The van der Waals surface area contributed by atoms with Crippen molar-refractivity contribution < 1.29 is 9.53 Å². The molecule has 0 N–H and O–H groups in total. The summed E-state index contributed by atoms with van der Waals surface area (Å²) in [4.78, 5) is 17.8. The zero-order valence-corrected chi connectivity index (χ0v) is 10.8. The Kier molecular flexibility index (Phi) is 4.26. The normalized spacial score (nSPS) is 9.88. The van der Waals surface area contributed by atoms with Gasteiger partial charge in [-0.3, -0.25) is 0 Å². The van der Waals surface area contributed by atoms with Crippen LogP contribution in [0.2, 0.25) is 0 Å². The summed E-state index contributed by atoms with van der Waals surface area (Å²) in [6.07, 6.45) is 0. The Morgan fingerprint density at radius 2 is 2.18 bits per heavy atom. The van der Waals surface area contributed by atoms with Gasteiger partial charge in [0.25, 0.3) is 0 Å². The number of carbonyl (C=O) groups excluding carboxylic acids is 1. The summed E-state index contributed by atoms with van der Waals surface area (Å²) in [6.45, 7) is 8.36. The van der Waals surface area contributed by atoms with Crippen LogP contribution >= 0.6 is 0 Å². The van der Waals surface area contributed by atoms with Crippen LogP contribution in [-0.2, 0) is 4.74 Å². The van der Waals surface area contributed by atoms with Crippen molar-refractivity contribution in [2.75, 3.05) is 25.6 Å². The Bertz CT molecular complexity index is 441. The van der Waals surface area contributed by atoms with Gasteiger partial charge in [0.2, 0.25) is 0 Å². The molecule has 0 aliphatic carbocycles. The van der Waals surface area contributed by atoms with Crippen molar-refractivity contribution in [3.8, 4) is 0 Å². The van der Waals surface area contributed by atoms with Crippen molar-refractivity contribution in [3.63, 3.8) is 0 Å². The molecule has 0 amide bonds. The summed E-state index contributed by atoms with van der Waals surface area (Å²) < 4.78 is 4.68. The molecule has 0 fully saturated rings. The van der Waals surface area contributed by atoms with Crippen molar-refractivity contribution in [1.82, 2.24) is 4.98 Å². The van der Waals surface area contributed by atoms with Crippen molar-refractivity contribution in [3.05, 3.63) is 35.5 Å². The Morgan fingerprint density at radius 3 is 2.65 bits per heavy atom. The Labute approximate surface area is 102 Å². The van der Waals surface area contributed by atoms with Gasteiger partial charge < -0.3 is 9.64 Å². The molecule has 0 unspecified atom stereocenters. The quantitative estimate of drug-likeness (QED) is 0.591. The molecule has 0 aromatic carbocycles. The number of pyridine rings is 1. The van der Waals surface area contributed by atoms with Gasteiger partial charge in [-0.25, -0.2) is 9.78 Å². The third kappa shape index (κ3) is 3.31. The van der Waals surface area contributed by atoms with E-state index in [4.69, 9.17) is 0 Å². The van der Waals surface area contributed by atoms with Crippen molar-refractivity contribution in [1.29, 1.82) is 0 Å². The summed E-state index contributed by atoms with van der Waals surface area (Å²) in [5, 5.41) is 0. The van der Waals surface area contributed by atoms with Crippen LogP contribution in [0.3, 0.4) is 0 Å². The number of rotatable bonds is 4. The molecule has 0 bridgehead atoms. The number of nitrogens with zero attached hydrogens (tertiary/aromatic N) is 2. The number of aryl methyl sites for hydroxylation is 1. The molecule has 4 heteroatoms. The standard InChI is InChI=1S/C13H18N2O2/c1-9(2)8-15(4)12-7-6-11(10(3)14-12)13(16)17-5/h6-7H,1,8H2,2-5H3. The van der Waals surface area contributed by atoms with E-state index >= 15 is 0 Å². The number of anilines is 1. The zero-order valence-electron chi connectivity index (χ0n) is 10.8. The smallest absolute Gasteiger partial charge is 0.339 e. The summed E-state index contributed by atoms with van der Waals surface area (Å²) in [5.74, 6) is 0.460. The summed E-state index contributed by atoms with van der Waals surface area (Å²) >= 11 is 0.